The second-order valence-electron chi connectivity index (χ2n) is 11.7. The fourth-order valence-electron chi connectivity index (χ4n) is 4.86. The Morgan fingerprint density at radius 2 is 1.52 bits per heavy atom. The smallest absolute Gasteiger partial charge is 0.162 e. The lowest BCUT2D eigenvalue weighted by atomic mass is 9.89. The first-order valence-corrected chi connectivity index (χ1v) is 14.7. The molecule has 1 aromatic heterocycles. The van der Waals surface area contributed by atoms with E-state index in [1.54, 1.807) is 18.0 Å². The summed E-state index contributed by atoms with van der Waals surface area (Å²) >= 11 is 12.6. The molecule has 0 atom stereocenters. The molecule has 5 nitrogen and oxygen atoms in total. The lowest BCUT2D eigenvalue weighted by Crippen LogP contribution is -2.14. The number of carbonyl (C=O) groups is 1. The maximum absolute atomic E-state index is 12.7. The molecule has 5 aromatic rings. The Balaban J connectivity index is 1.39. The molecule has 0 saturated heterocycles. The van der Waals surface area contributed by atoms with Crippen molar-refractivity contribution < 1.29 is 14.4 Å². The zero-order valence-electron chi connectivity index (χ0n) is 24.3. The number of hydrogen-bond donors (Lipinski definition) is 0. The molecule has 0 unspecified atom stereocenters. The molecule has 0 aliphatic carbocycles. The van der Waals surface area contributed by atoms with Crippen LogP contribution in [-0.2, 0) is 6.61 Å². The van der Waals surface area contributed by atoms with Gasteiger partial charge in [-0.3, -0.25) is 4.79 Å². The van der Waals surface area contributed by atoms with Crippen LogP contribution in [0.1, 0.15) is 56.0 Å². The average molecular weight is 602 g/mol. The molecular weight excluding hydrogens is 567 g/mol. The van der Waals surface area contributed by atoms with Crippen LogP contribution in [0.3, 0.4) is 0 Å². The Labute approximate surface area is 256 Å². The van der Waals surface area contributed by atoms with Crippen LogP contribution in [0.2, 0.25) is 10.0 Å². The van der Waals surface area contributed by atoms with Crippen molar-refractivity contribution in [3.8, 4) is 28.3 Å². The second kappa shape index (κ2) is 12.6. The zero-order valence-corrected chi connectivity index (χ0v) is 25.8. The minimum absolute atomic E-state index is 0.167. The molecule has 216 valence electrons. The molecule has 42 heavy (non-hydrogen) atoms. The highest BCUT2D eigenvalue weighted by atomic mass is 35.5. The molecular formula is C35H34Cl2N2O3. The molecule has 0 aliphatic rings. The Morgan fingerprint density at radius 3 is 2.21 bits per heavy atom. The largest absolute Gasteiger partial charge is 0.497 e. The molecule has 4 aromatic carbocycles. The summed E-state index contributed by atoms with van der Waals surface area (Å²) in [5.74, 6) is 0.973. The molecule has 7 heteroatoms. The van der Waals surface area contributed by atoms with Gasteiger partial charge in [0, 0.05) is 33.2 Å². The lowest BCUT2D eigenvalue weighted by Gasteiger charge is -2.17. The summed E-state index contributed by atoms with van der Waals surface area (Å²) in [5, 5.41) is 7.96. The first-order valence-electron chi connectivity index (χ1n) is 14.0. The maximum Gasteiger partial charge on any atom is 0.162 e. The molecule has 0 saturated carbocycles. The summed E-state index contributed by atoms with van der Waals surface area (Å²) in [7, 11) is 1.66. The number of halogens is 2. The summed E-state index contributed by atoms with van der Waals surface area (Å²) in [4.78, 5) is 20.4. The van der Waals surface area contributed by atoms with Gasteiger partial charge in [0.2, 0.25) is 0 Å². The Kier molecular flexibility index (Phi) is 8.91. The number of aromatic nitrogens is 2. The molecule has 0 bridgehead atoms. The van der Waals surface area contributed by atoms with E-state index in [2.05, 4.69) is 32.9 Å². The van der Waals surface area contributed by atoms with Gasteiger partial charge in [0.05, 0.1) is 12.8 Å². The molecule has 0 N–H and O–H groups in total. The second-order valence-corrected chi connectivity index (χ2v) is 12.6. The van der Waals surface area contributed by atoms with Crippen LogP contribution in [0.25, 0.3) is 33.3 Å². The van der Waals surface area contributed by atoms with Crippen LogP contribution in [-0.4, -0.2) is 22.8 Å². The Morgan fingerprint density at radius 1 is 0.833 bits per heavy atom. The van der Waals surface area contributed by atoms with Crippen LogP contribution in [0.15, 0.2) is 84.9 Å². The first kappa shape index (κ1) is 29.7. The summed E-state index contributed by atoms with van der Waals surface area (Å²) in [6.45, 7) is 6.86. The number of carbonyl (C=O) groups excluding carboxylic acids is 1. The topological polar surface area (TPSA) is 53.4 Å². The molecule has 0 radical (unpaired) electrons. The van der Waals surface area contributed by atoms with Crippen molar-refractivity contribution in [3.63, 3.8) is 0 Å². The van der Waals surface area contributed by atoms with Crippen molar-refractivity contribution in [1.29, 1.82) is 0 Å². The average Bonchev–Trinajstić information content (AvgIpc) is 3.39. The molecule has 1 heterocycles. The number of methoxy groups -OCH3 is 1. The quantitative estimate of drug-likeness (QED) is 0.150. The monoisotopic (exact) mass is 600 g/mol. The predicted octanol–water partition coefficient (Wildman–Crippen LogP) is 9.71. The molecule has 0 aliphatic heterocycles. The van der Waals surface area contributed by atoms with Crippen molar-refractivity contribution in [1.82, 2.24) is 9.94 Å². The van der Waals surface area contributed by atoms with E-state index in [1.165, 1.54) is 0 Å². The number of benzene rings is 4. The van der Waals surface area contributed by atoms with Crippen molar-refractivity contribution in [3.05, 3.63) is 106 Å². The Bertz CT molecular complexity index is 1700. The van der Waals surface area contributed by atoms with E-state index in [0.29, 0.717) is 22.2 Å². The summed E-state index contributed by atoms with van der Waals surface area (Å²) < 4.78 is 5.38. The summed E-state index contributed by atoms with van der Waals surface area (Å²) in [5.41, 5.74) is 5.07. The number of ketones is 1. The third-order valence-corrected chi connectivity index (χ3v) is 7.58. The minimum Gasteiger partial charge on any atom is -0.497 e. The van der Waals surface area contributed by atoms with Gasteiger partial charge in [0.25, 0.3) is 0 Å². The molecule has 0 fully saturated rings. The van der Waals surface area contributed by atoms with Crippen LogP contribution in [0, 0.1) is 5.41 Å². The van der Waals surface area contributed by atoms with Crippen LogP contribution in [0.4, 0.5) is 0 Å². The van der Waals surface area contributed by atoms with Gasteiger partial charge in [-0.1, -0.05) is 91.3 Å². The van der Waals surface area contributed by atoms with Crippen molar-refractivity contribution >= 4 is 39.8 Å². The standard InChI is InChI=1S/C35H34Cl2N2O3/c1-35(2,3)15-5-6-34(40)24-9-7-23(8-10-24)22-42-39-33(21-32(38-39)28-17-29(36)20-30(37)18-28)27-12-11-26-19-31(41-4)14-13-25(26)16-27/h7-14,16-21H,5-6,15,22H2,1-4H3. The maximum atomic E-state index is 12.7. The number of nitrogens with zero attached hydrogens (tertiary/aromatic N) is 2. The van der Waals surface area contributed by atoms with E-state index in [1.807, 2.05) is 66.7 Å². The Hall–Kier alpha value is -3.80. The SMILES string of the molecule is COc1ccc2cc(-c3cc(-c4cc(Cl)cc(Cl)c4)nn3OCc3ccc(C(=O)CCCC(C)(C)C)cc3)ccc2c1. The summed E-state index contributed by atoms with van der Waals surface area (Å²) in [6.07, 6.45) is 2.46. The highest BCUT2D eigenvalue weighted by Crippen LogP contribution is 2.32. The number of Topliss-reactive ketones (excluding diaryl/α,β-unsaturated/α-hetero) is 1. The first-order chi connectivity index (χ1) is 20.1. The van der Waals surface area contributed by atoms with Crippen LogP contribution >= 0.6 is 23.2 Å². The van der Waals surface area contributed by atoms with E-state index >= 15 is 0 Å². The third kappa shape index (κ3) is 7.33. The van der Waals surface area contributed by atoms with Gasteiger partial charge in [-0.2, -0.15) is 0 Å². The van der Waals surface area contributed by atoms with Crippen molar-refractivity contribution in [2.45, 2.75) is 46.6 Å². The number of rotatable bonds is 10. The van der Waals surface area contributed by atoms with Gasteiger partial charge in [-0.25, -0.2) is 0 Å². The molecule has 5 rings (SSSR count). The van der Waals surface area contributed by atoms with Gasteiger partial charge < -0.3 is 9.57 Å². The lowest BCUT2D eigenvalue weighted by molar-refractivity contribution is 0.0741. The van der Waals surface area contributed by atoms with E-state index in [4.69, 9.17) is 37.9 Å². The van der Waals surface area contributed by atoms with Gasteiger partial charge >= 0.3 is 0 Å². The summed E-state index contributed by atoms with van der Waals surface area (Å²) in [6, 6.07) is 27.1. The van der Waals surface area contributed by atoms with Gasteiger partial charge in [0.1, 0.15) is 18.1 Å². The zero-order chi connectivity index (χ0) is 29.9. The minimum atomic E-state index is 0.167. The van der Waals surface area contributed by atoms with Gasteiger partial charge in [-0.15, -0.1) is 5.10 Å². The van der Waals surface area contributed by atoms with E-state index in [0.717, 1.165) is 57.3 Å². The number of ether oxygens (including phenoxy) is 1. The number of fused-ring (bicyclic) bond motifs is 1. The third-order valence-electron chi connectivity index (χ3n) is 7.14. The number of hydrogen-bond acceptors (Lipinski definition) is 4. The molecule has 0 amide bonds. The predicted molar refractivity (Wildman–Crippen MR) is 172 cm³/mol. The highest BCUT2D eigenvalue weighted by Gasteiger charge is 2.16. The van der Waals surface area contributed by atoms with E-state index in [9.17, 15) is 4.79 Å². The normalized spacial score (nSPS) is 11.6. The van der Waals surface area contributed by atoms with Gasteiger partial charge in [-0.05, 0) is 77.1 Å². The van der Waals surface area contributed by atoms with Crippen molar-refractivity contribution in [2.24, 2.45) is 5.41 Å². The fraction of sp³-hybridized carbons (Fsp3) is 0.257. The highest BCUT2D eigenvalue weighted by molar-refractivity contribution is 6.35. The fourth-order valence-corrected chi connectivity index (χ4v) is 5.38. The van der Waals surface area contributed by atoms with Crippen LogP contribution < -0.4 is 9.57 Å². The van der Waals surface area contributed by atoms with E-state index < -0.39 is 0 Å². The van der Waals surface area contributed by atoms with E-state index in [-0.39, 0.29) is 17.8 Å². The van der Waals surface area contributed by atoms with Crippen LogP contribution in [0.5, 0.6) is 5.75 Å². The molecule has 0 spiro atoms. The van der Waals surface area contributed by atoms with Gasteiger partial charge in [0.15, 0.2) is 5.78 Å². The van der Waals surface area contributed by atoms with Crippen molar-refractivity contribution in [2.75, 3.05) is 7.11 Å².